The summed E-state index contributed by atoms with van der Waals surface area (Å²) in [5.41, 5.74) is 0. The Balaban J connectivity index is 3.91. The van der Waals surface area contributed by atoms with E-state index in [4.69, 9.17) is 9.84 Å². The highest BCUT2D eigenvalue weighted by molar-refractivity contribution is 5.69. The molecule has 0 aromatic heterocycles. The predicted molar refractivity (Wildman–Crippen MR) is 138 cm³/mol. The molecular formula is C28H57NO3. The van der Waals surface area contributed by atoms with Gasteiger partial charge in [-0.05, 0) is 45.1 Å². The van der Waals surface area contributed by atoms with Gasteiger partial charge in [0.05, 0.1) is 6.61 Å². The first-order valence-corrected chi connectivity index (χ1v) is 14.3. The molecule has 4 nitrogen and oxygen atoms in total. The van der Waals surface area contributed by atoms with E-state index in [1.54, 1.807) is 0 Å². The number of aliphatic hydroxyl groups is 1. The topological polar surface area (TPSA) is 58.6 Å². The van der Waals surface area contributed by atoms with E-state index < -0.39 is 0 Å². The molecule has 32 heavy (non-hydrogen) atoms. The maximum absolute atomic E-state index is 12.4. The molecule has 0 saturated carbocycles. The fraction of sp³-hybridized carbons (Fsp3) is 0.964. The summed E-state index contributed by atoms with van der Waals surface area (Å²) in [5, 5.41) is 11.9. The van der Waals surface area contributed by atoms with Crippen molar-refractivity contribution in [2.45, 2.75) is 155 Å². The van der Waals surface area contributed by atoms with Crippen LogP contribution in [-0.4, -0.2) is 36.9 Å². The van der Waals surface area contributed by atoms with Gasteiger partial charge in [-0.1, -0.05) is 104 Å². The number of ether oxygens (including phenoxy) is 1. The Morgan fingerprint density at radius 2 is 1.12 bits per heavy atom. The van der Waals surface area contributed by atoms with Crippen molar-refractivity contribution in [3.05, 3.63) is 0 Å². The van der Waals surface area contributed by atoms with Crippen molar-refractivity contribution in [1.29, 1.82) is 0 Å². The lowest BCUT2D eigenvalue weighted by atomic mass is 10.0. The summed E-state index contributed by atoms with van der Waals surface area (Å²) in [6.45, 7) is 6.42. The van der Waals surface area contributed by atoms with Crippen LogP contribution >= 0.6 is 0 Å². The van der Waals surface area contributed by atoms with Gasteiger partial charge < -0.3 is 15.2 Å². The Morgan fingerprint density at radius 1 is 0.656 bits per heavy atom. The molecule has 0 aliphatic carbocycles. The number of unbranched alkanes of at least 4 members (excludes halogenated alkanes) is 15. The third kappa shape index (κ3) is 24.0. The minimum Gasteiger partial charge on any atom is -0.462 e. The molecule has 0 aliphatic rings. The highest BCUT2D eigenvalue weighted by Gasteiger charge is 2.14. The van der Waals surface area contributed by atoms with Gasteiger partial charge in [0, 0.05) is 13.0 Å². The number of nitrogens with one attached hydrogen (secondary N) is 1. The van der Waals surface area contributed by atoms with E-state index in [-0.39, 0.29) is 18.7 Å². The van der Waals surface area contributed by atoms with Crippen molar-refractivity contribution < 1.29 is 14.6 Å². The summed E-state index contributed by atoms with van der Waals surface area (Å²) in [5.74, 6) is 0.0279. The van der Waals surface area contributed by atoms with Gasteiger partial charge in [0.1, 0.15) is 6.10 Å². The van der Waals surface area contributed by atoms with Crippen LogP contribution in [0.25, 0.3) is 0 Å². The lowest BCUT2D eigenvalue weighted by molar-refractivity contribution is -0.150. The summed E-state index contributed by atoms with van der Waals surface area (Å²) in [6, 6.07) is 0. The van der Waals surface area contributed by atoms with Crippen molar-refractivity contribution in [3.8, 4) is 0 Å². The normalized spacial score (nSPS) is 11.4. The van der Waals surface area contributed by atoms with Crippen molar-refractivity contribution in [1.82, 2.24) is 5.32 Å². The Labute approximate surface area is 200 Å². The van der Waals surface area contributed by atoms with Gasteiger partial charge in [0.15, 0.2) is 0 Å². The molecule has 0 spiro atoms. The molecule has 4 heteroatoms. The number of esters is 1. The van der Waals surface area contributed by atoms with E-state index in [0.29, 0.717) is 13.0 Å². The van der Waals surface area contributed by atoms with E-state index in [1.165, 1.54) is 103 Å². The predicted octanol–water partition coefficient (Wildman–Crippen LogP) is 7.71. The molecule has 0 heterocycles. The lowest BCUT2D eigenvalue weighted by Crippen LogP contribution is -2.19. The molecule has 0 saturated heterocycles. The molecule has 0 amide bonds. The van der Waals surface area contributed by atoms with E-state index in [1.807, 2.05) is 0 Å². The number of carbonyl (C=O) groups is 1. The quantitative estimate of drug-likeness (QED) is 0.104. The molecule has 0 radical (unpaired) electrons. The molecule has 0 bridgehead atoms. The molecule has 0 unspecified atom stereocenters. The van der Waals surface area contributed by atoms with Crippen LogP contribution < -0.4 is 5.32 Å². The van der Waals surface area contributed by atoms with E-state index in [2.05, 4.69) is 19.2 Å². The molecule has 0 atom stereocenters. The molecule has 0 rings (SSSR count). The molecule has 2 N–H and O–H groups in total. The standard InChI is InChI=1S/C28H57NO3/c1-3-5-7-9-13-17-21-27(22-18-14-10-8-6-4-2)32-28(31)23-19-15-11-12-16-20-24-29-25-26-30/h27,29-30H,3-26H2,1-2H3. The zero-order valence-electron chi connectivity index (χ0n) is 21.8. The largest absolute Gasteiger partial charge is 0.462 e. The minimum absolute atomic E-state index is 0.0279. The van der Waals surface area contributed by atoms with Crippen molar-refractivity contribution in [2.75, 3.05) is 19.7 Å². The molecule has 192 valence electrons. The van der Waals surface area contributed by atoms with E-state index >= 15 is 0 Å². The SMILES string of the molecule is CCCCCCCCC(CCCCCCCC)OC(=O)CCCCCCCCNCCO. The molecular weight excluding hydrogens is 398 g/mol. The summed E-state index contributed by atoms with van der Waals surface area (Å²) in [4.78, 5) is 12.4. The molecule has 0 fully saturated rings. The lowest BCUT2D eigenvalue weighted by Gasteiger charge is -2.18. The smallest absolute Gasteiger partial charge is 0.306 e. The monoisotopic (exact) mass is 455 g/mol. The van der Waals surface area contributed by atoms with Gasteiger partial charge in [0.25, 0.3) is 0 Å². The van der Waals surface area contributed by atoms with Crippen molar-refractivity contribution >= 4 is 5.97 Å². The third-order valence-corrected chi connectivity index (χ3v) is 6.33. The van der Waals surface area contributed by atoms with Crippen LogP contribution in [0.15, 0.2) is 0 Å². The van der Waals surface area contributed by atoms with Gasteiger partial charge in [-0.25, -0.2) is 0 Å². The molecule has 0 aromatic carbocycles. The van der Waals surface area contributed by atoms with Gasteiger partial charge >= 0.3 is 5.97 Å². The molecule has 0 aliphatic heterocycles. The van der Waals surface area contributed by atoms with Crippen LogP contribution in [0.1, 0.15) is 149 Å². The first kappa shape index (κ1) is 31.4. The van der Waals surface area contributed by atoms with Crippen molar-refractivity contribution in [2.24, 2.45) is 0 Å². The Kier molecular flexibility index (Phi) is 26.1. The van der Waals surface area contributed by atoms with Crippen LogP contribution in [0.4, 0.5) is 0 Å². The second kappa shape index (κ2) is 26.6. The third-order valence-electron chi connectivity index (χ3n) is 6.33. The maximum Gasteiger partial charge on any atom is 0.306 e. The summed E-state index contributed by atoms with van der Waals surface area (Å²) in [6.07, 6.45) is 25.3. The zero-order valence-corrected chi connectivity index (χ0v) is 21.8. The zero-order chi connectivity index (χ0) is 23.5. The highest BCUT2D eigenvalue weighted by Crippen LogP contribution is 2.18. The van der Waals surface area contributed by atoms with Gasteiger partial charge in [-0.3, -0.25) is 4.79 Å². The number of carbonyl (C=O) groups excluding carboxylic acids is 1. The van der Waals surface area contributed by atoms with Gasteiger partial charge in [0.2, 0.25) is 0 Å². The fourth-order valence-corrected chi connectivity index (χ4v) is 4.24. The fourth-order valence-electron chi connectivity index (χ4n) is 4.24. The van der Waals surface area contributed by atoms with Crippen LogP contribution in [0.2, 0.25) is 0 Å². The van der Waals surface area contributed by atoms with Crippen LogP contribution in [0.3, 0.4) is 0 Å². The Morgan fingerprint density at radius 3 is 1.66 bits per heavy atom. The second-order valence-corrected chi connectivity index (χ2v) is 9.57. The maximum atomic E-state index is 12.4. The first-order chi connectivity index (χ1) is 15.7. The van der Waals surface area contributed by atoms with Gasteiger partial charge in [-0.2, -0.15) is 0 Å². The van der Waals surface area contributed by atoms with Gasteiger partial charge in [-0.15, -0.1) is 0 Å². The number of rotatable bonds is 26. The summed E-state index contributed by atoms with van der Waals surface area (Å²) in [7, 11) is 0. The number of hydrogen-bond acceptors (Lipinski definition) is 4. The Hall–Kier alpha value is -0.610. The minimum atomic E-state index is 0.0279. The Bertz CT molecular complexity index is 360. The van der Waals surface area contributed by atoms with E-state index in [0.717, 1.165) is 32.2 Å². The van der Waals surface area contributed by atoms with Crippen LogP contribution in [0.5, 0.6) is 0 Å². The second-order valence-electron chi connectivity index (χ2n) is 9.57. The number of hydrogen-bond donors (Lipinski definition) is 2. The van der Waals surface area contributed by atoms with E-state index in [9.17, 15) is 4.79 Å². The first-order valence-electron chi connectivity index (χ1n) is 14.3. The average molecular weight is 456 g/mol. The summed E-state index contributed by atoms with van der Waals surface area (Å²) >= 11 is 0. The van der Waals surface area contributed by atoms with Crippen molar-refractivity contribution in [3.63, 3.8) is 0 Å². The summed E-state index contributed by atoms with van der Waals surface area (Å²) < 4.78 is 5.92. The highest BCUT2D eigenvalue weighted by atomic mass is 16.5. The van der Waals surface area contributed by atoms with Crippen LogP contribution in [0, 0.1) is 0 Å². The molecule has 0 aromatic rings. The van der Waals surface area contributed by atoms with Crippen LogP contribution in [-0.2, 0) is 9.53 Å². The average Bonchev–Trinajstić information content (AvgIpc) is 2.79. The number of aliphatic hydroxyl groups excluding tert-OH is 1.